The molecule has 0 amide bonds. The van der Waals surface area contributed by atoms with Crippen LogP contribution in [0.15, 0.2) is 0 Å². The maximum Gasteiger partial charge on any atom is 0.0217 e. The summed E-state index contributed by atoms with van der Waals surface area (Å²) in [5, 5.41) is 0. The van der Waals surface area contributed by atoms with E-state index in [4.69, 9.17) is 0 Å². The second-order valence-corrected chi connectivity index (χ2v) is 3.66. The summed E-state index contributed by atoms with van der Waals surface area (Å²) in [6.07, 6.45) is 2.60. The number of nitrogens with zero attached hydrogens (tertiary/aromatic N) is 2. The van der Waals surface area contributed by atoms with Crippen LogP contribution in [0.4, 0.5) is 0 Å². The molecule has 11 heavy (non-hydrogen) atoms. The van der Waals surface area contributed by atoms with Gasteiger partial charge in [0.25, 0.3) is 0 Å². The van der Waals surface area contributed by atoms with E-state index in [9.17, 15) is 0 Å². The first-order valence-electron chi connectivity index (χ1n) is 4.62. The highest BCUT2D eigenvalue weighted by molar-refractivity contribution is 4.74. The predicted molar refractivity (Wildman–Crippen MR) is 48.8 cm³/mol. The summed E-state index contributed by atoms with van der Waals surface area (Å²) in [7, 11) is 4.47. The SMILES string of the molecule is CCC1CN(C)CCCN1C. The second-order valence-electron chi connectivity index (χ2n) is 3.66. The number of rotatable bonds is 1. The highest BCUT2D eigenvalue weighted by Gasteiger charge is 2.17. The second kappa shape index (κ2) is 4.07. The average molecular weight is 156 g/mol. The van der Waals surface area contributed by atoms with Crippen LogP contribution in [0.2, 0.25) is 0 Å². The van der Waals surface area contributed by atoms with Crippen LogP contribution in [0.3, 0.4) is 0 Å². The van der Waals surface area contributed by atoms with Crippen LogP contribution in [0, 0.1) is 0 Å². The van der Waals surface area contributed by atoms with Gasteiger partial charge in [-0.3, -0.25) is 0 Å². The van der Waals surface area contributed by atoms with Gasteiger partial charge in [0, 0.05) is 12.6 Å². The van der Waals surface area contributed by atoms with E-state index < -0.39 is 0 Å². The zero-order valence-corrected chi connectivity index (χ0v) is 8.01. The average Bonchev–Trinajstić information content (AvgIpc) is 2.13. The molecule has 0 aromatic heterocycles. The van der Waals surface area contributed by atoms with Crippen LogP contribution in [0.1, 0.15) is 19.8 Å². The van der Waals surface area contributed by atoms with Gasteiger partial charge in [-0.1, -0.05) is 6.92 Å². The molecule has 1 unspecified atom stereocenters. The van der Waals surface area contributed by atoms with E-state index in [-0.39, 0.29) is 0 Å². The molecule has 0 aliphatic carbocycles. The van der Waals surface area contributed by atoms with Crippen molar-refractivity contribution in [3.63, 3.8) is 0 Å². The van der Waals surface area contributed by atoms with Gasteiger partial charge in [-0.05, 0) is 40.0 Å². The third kappa shape index (κ3) is 2.46. The lowest BCUT2D eigenvalue weighted by Gasteiger charge is -2.25. The molecule has 0 aromatic carbocycles. The molecule has 0 saturated carbocycles. The zero-order valence-electron chi connectivity index (χ0n) is 8.01. The summed E-state index contributed by atoms with van der Waals surface area (Å²) in [5.41, 5.74) is 0. The Labute approximate surface area is 70.2 Å². The Kier molecular flexibility index (Phi) is 3.34. The van der Waals surface area contributed by atoms with Crippen LogP contribution < -0.4 is 0 Å². The van der Waals surface area contributed by atoms with Gasteiger partial charge >= 0.3 is 0 Å². The molecule has 1 heterocycles. The Bertz CT molecular complexity index is 114. The number of hydrogen-bond donors (Lipinski definition) is 0. The van der Waals surface area contributed by atoms with Crippen molar-refractivity contribution in [3.05, 3.63) is 0 Å². The van der Waals surface area contributed by atoms with Gasteiger partial charge in [0.15, 0.2) is 0 Å². The van der Waals surface area contributed by atoms with Crippen molar-refractivity contribution in [2.24, 2.45) is 0 Å². The van der Waals surface area contributed by atoms with Crippen molar-refractivity contribution in [1.29, 1.82) is 0 Å². The molecule has 0 N–H and O–H groups in total. The monoisotopic (exact) mass is 156 g/mol. The highest BCUT2D eigenvalue weighted by Crippen LogP contribution is 2.08. The molecule has 0 aromatic rings. The molecular formula is C9H20N2. The summed E-state index contributed by atoms with van der Waals surface area (Å²) in [4.78, 5) is 4.93. The first-order valence-corrected chi connectivity index (χ1v) is 4.62. The van der Waals surface area contributed by atoms with Crippen molar-refractivity contribution >= 4 is 0 Å². The summed E-state index contributed by atoms with van der Waals surface area (Å²) >= 11 is 0. The highest BCUT2D eigenvalue weighted by atomic mass is 15.2. The largest absolute Gasteiger partial charge is 0.305 e. The fraction of sp³-hybridized carbons (Fsp3) is 1.00. The summed E-state index contributed by atoms with van der Waals surface area (Å²) in [6.45, 7) is 6.05. The van der Waals surface area contributed by atoms with Crippen LogP contribution in [-0.2, 0) is 0 Å². The van der Waals surface area contributed by atoms with E-state index >= 15 is 0 Å². The van der Waals surface area contributed by atoms with Gasteiger partial charge in [0.1, 0.15) is 0 Å². The lowest BCUT2D eigenvalue weighted by molar-refractivity contribution is 0.220. The number of hydrogen-bond acceptors (Lipinski definition) is 2. The van der Waals surface area contributed by atoms with Crippen molar-refractivity contribution in [1.82, 2.24) is 9.80 Å². The molecular weight excluding hydrogens is 136 g/mol. The molecule has 1 atom stereocenters. The minimum Gasteiger partial charge on any atom is -0.305 e. The molecule has 1 saturated heterocycles. The molecule has 1 aliphatic rings. The van der Waals surface area contributed by atoms with Gasteiger partial charge in [-0.2, -0.15) is 0 Å². The van der Waals surface area contributed by atoms with E-state index in [1.54, 1.807) is 0 Å². The molecule has 1 aliphatic heterocycles. The molecule has 0 bridgehead atoms. The van der Waals surface area contributed by atoms with E-state index in [2.05, 4.69) is 30.8 Å². The van der Waals surface area contributed by atoms with Crippen LogP contribution in [0.5, 0.6) is 0 Å². The minimum atomic E-state index is 0.780. The standard InChI is InChI=1S/C9H20N2/c1-4-9-8-10(2)6-5-7-11(9)3/h9H,4-8H2,1-3H3. The Morgan fingerprint density at radius 1 is 1.27 bits per heavy atom. The van der Waals surface area contributed by atoms with Gasteiger partial charge in [0.2, 0.25) is 0 Å². The van der Waals surface area contributed by atoms with E-state index in [0.717, 1.165) is 6.04 Å². The fourth-order valence-corrected chi connectivity index (χ4v) is 1.80. The van der Waals surface area contributed by atoms with Gasteiger partial charge in [-0.25, -0.2) is 0 Å². The van der Waals surface area contributed by atoms with Crippen LogP contribution in [-0.4, -0.2) is 49.6 Å². The quantitative estimate of drug-likeness (QED) is 0.559. The topological polar surface area (TPSA) is 6.48 Å². The third-order valence-corrected chi connectivity index (χ3v) is 2.67. The fourth-order valence-electron chi connectivity index (χ4n) is 1.80. The van der Waals surface area contributed by atoms with Crippen molar-refractivity contribution in [2.75, 3.05) is 33.7 Å². The van der Waals surface area contributed by atoms with Crippen LogP contribution >= 0.6 is 0 Å². The van der Waals surface area contributed by atoms with E-state index in [1.807, 2.05) is 0 Å². The molecule has 1 fully saturated rings. The lowest BCUT2D eigenvalue weighted by atomic mass is 10.2. The first kappa shape index (κ1) is 9.01. The first-order chi connectivity index (χ1) is 5.24. The maximum absolute atomic E-state index is 2.49. The minimum absolute atomic E-state index is 0.780. The van der Waals surface area contributed by atoms with Gasteiger partial charge < -0.3 is 9.80 Å². The third-order valence-electron chi connectivity index (χ3n) is 2.67. The Morgan fingerprint density at radius 3 is 2.64 bits per heavy atom. The maximum atomic E-state index is 2.49. The van der Waals surface area contributed by atoms with E-state index in [1.165, 1.54) is 32.5 Å². The Balaban J connectivity index is 2.45. The molecule has 1 rings (SSSR count). The van der Waals surface area contributed by atoms with Crippen LogP contribution in [0.25, 0.3) is 0 Å². The normalized spacial score (nSPS) is 30.3. The van der Waals surface area contributed by atoms with Crippen molar-refractivity contribution in [3.8, 4) is 0 Å². The summed E-state index contributed by atoms with van der Waals surface area (Å²) in [5.74, 6) is 0. The van der Waals surface area contributed by atoms with Crippen molar-refractivity contribution < 1.29 is 0 Å². The summed E-state index contributed by atoms with van der Waals surface area (Å²) in [6, 6.07) is 0.780. The smallest absolute Gasteiger partial charge is 0.0217 e. The molecule has 0 spiro atoms. The van der Waals surface area contributed by atoms with Gasteiger partial charge in [-0.15, -0.1) is 0 Å². The lowest BCUT2D eigenvalue weighted by Crippen LogP contribution is -2.36. The summed E-state index contributed by atoms with van der Waals surface area (Å²) < 4.78 is 0. The molecule has 2 heteroatoms. The Morgan fingerprint density at radius 2 is 2.00 bits per heavy atom. The zero-order chi connectivity index (χ0) is 8.27. The van der Waals surface area contributed by atoms with Gasteiger partial charge in [0.05, 0.1) is 0 Å². The Hall–Kier alpha value is -0.0800. The van der Waals surface area contributed by atoms with Crippen molar-refractivity contribution in [2.45, 2.75) is 25.8 Å². The molecule has 66 valence electrons. The predicted octanol–water partition coefficient (Wildman–Crippen LogP) is 1.03. The molecule has 2 nitrogen and oxygen atoms in total. The van der Waals surface area contributed by atoms with E-state index in [0.29, 0.717) is 0 Å². The molecule has 0 radical (unpaired) electrons. The number of likely N-dealkylation sites (N-methyl/N-ethyl adjacent to an activating group) is 2.